The van der Waals surface area contributed by atoms with Gasteiger partial charge in [-0.25, -0.2) is 4.98 Å². The molecule has 0 aliphatic carbocycles. The Kier molecular flexibility index (Phi) is 11.0. The maximum atomic E-state index is 5.70. The maximum absolute atomic E-state index is 5.70. The van der Waals surface area contributed by atoms with Crippen LogP contribution in [0, 0.1) is 6.92 Å². The van der Waals surface area contributed by atoms with Gasteiger partial charge in [0, 0.05) is 24.9 Å². The molecule has 2 aromatic rings. The normalized spacial score (nSPS) is 10.8. The Hall–Kier alpha value is -1.55. The summed E-state index contributed by atoms with van der Waals surface area (Å²) in [6.07, 6.45) is 0.850. The van der Waals surface area contributed by atoms with Crippen molar-refractivity contribution < 1.29 is 9.47 Å². The zero-order chi connectivity index (χ0) is 17.9. The van der Waals surface area contributed by atoms with Crippen molar-refractivity contribution in [3.63, 3.8) is 0 Å². The number of methoxy groups -OCH3 is 1. The van der Waals surface area contributed by atoms with Gasteiger partial charge in [-0.1, -0.05) is 0 Å². The first kappa shape index (κ1) is 22.5. The fraction of sp³-hybridized carbons (Fsp3) is 0.444. The first-order valence-electron chi connectivity index (χ1n) is 8.41. The van der Waals surface area contributed by atoms with Gasteiger partial charge in [-0.05, 0) is 38.1 Å². The topological polar surface area (TPSA) is 67.8 Å². The highest BCUT2D eigenvalue weighted by atomic mass is 127. The molecule has 0 saturated heterocycles. The Balaban J connectivity index is 0.00000338. The number of nitrogens with one attached hydrogen (secondary N) is 2. The molecule has 1 heterocycles. The van der Waals surface area contributed by atoms with Crippen molar-refractivity contribution in [3.05, 3.63) is 40.3 Å². The molecule has 0 radical (unpaired) electrons. The first-order valence-corrected chi connectivity index (χ1v) is 9.29. The van der Waals surface area contributed by atoms with Crippen molar-refractivity contribution >= 4 is 41.3 Å². The summed E-state index contributed by atoms with van der Waals surface area (Å²) in [6.45, 7) is 6.83. The molecule has 8 heteroatoms. The van der Waals surface area contributed by atoms with Crippen LogP contribution < -0.4 is 20.1 Å². The number of hydrogen-bond acceptors (Lipinski definition) is 5. The number of ether oxygens (including phenoxy) is 2. The second kappa shape index (κ2) is 12.7. The minimum absolute atomic E-state index is 0. The molecule has 26 heavy (non-hydrogen) atoms. The monoisotopic (exact) mass is 490 g/mol. The van der Waals surface area contributed by atoms with Crippen LogP contribution in [-0.2, 0) is 6.42 Å². The van der Waals surface area contributed by atoms with E-state index in [2.05, 4.69) is 32.9 Å². The highest BCUT2D eigenvalue weighted by Crippen LogP contribution is 2.16. The average molecular weight is 490 g/mol. The van der Waals surface area contributed by atoms with Gasteiger partial charge in [0.25, 0.3) is 0 Å². The van der Waals surface area contributed by atoms with Crippen molar-refractivity contribution in [3.8, 4) is 11.5 Å². The van der Waals surface area contributed by atoms with E-state index in [-0.39, 0.29) is 24.0 Å². The summed E-state index contributed by atoms with van der Waals surface area (Å²) < 4.78 is 10.8. The lowest BCUT2D eigenvalue weighted by atomic mass is 10.3. The Morgan fingerprint density at radius 1 is 1.19 bits per heavy atom. The number of nitrogens with zero attached hydrogens (tertiary/aromatic N) is 2. The Morgan fingerprint density at radius 2 is 1.92 bits per heavy atom. The van der Waals surface area contributed by atoms with Gasteiger partial charge in [-0.3, -0.25) is 4.99 Å². The summed E-state index contributed by atoms with van der Waals surface area (Å²) in [4.78, 5) is 9.03. The minimum Gasteiger partial charge on any atom is -0.497 e. The van der Waals surface area contributed by atoms with Gasteiger partial charge in [0.15, 0.2) is 5.96 Å². The van der Waals surface area contributed by atoms with E-state index < -0.39 is 0 Å². The van der Waals surface area contributed by atoms with E-state index in [0.29, 0.717) is 19.7 Å². The van der Waals surface area contributed by atoms with Crippen molar-refractivity contribution in [2.45, 2.75) is 20.3 Å². The molecule has 0 unspecified atom stereocenters. The fourth-order valence-electron chi connectivity index (χ4n) is 2.16. The van der Waals surface area contributed by atoms with Crippen LogP contribution in [0.25, 0.3) is 0 Å². The third-order valence-corrected chi connectivity index (χ3v) is 4.19. The number of aryl methyl sites for hydroxylation is 1. The summed E-state index contributed by atoms with van der Waals surface area (Å²) in [5.74, 6) is 2.44. The zero-order valence-corrected chi connectivity index (χ0v) is 18.6. The number of guanidine groups is 1. The second-order valence-corrected chi connectivity index (χ2v) is 6.38. The lowest BCUT2D eigenvalue weighted by Crippen LogP contribution is -2.39. The lowest BCUT2D eigenvalue weighted by Gasteiger charge is -2.12. The molecule has 0 saturated carbocycles. The Bertz CT molecular complexity index is 661. The standard InChI is InChI=1S/C18H26N4O2S.HI/c1-4-19-18(20-10-9-15-13-25-14(2)22-15)21-11-12-24-17-7-5-16(23-3)6-8-17;/h5-8,13H,4,9-12H2,1-3H3,(H2,19,20,21);1H. The van der Waals surface area contributed by atoms with Gasteiger partial charge in [-0.15, -0.1) is 35.3 Å². The van der Waals surface area contributed by atoms with Crippen molar-refractivity contribution in [1.82, 2.24) is 15.6 Å². The number of thiazole rings is 1. The summed E-state index contributed by atoms with van der Waals surface area (Å²) in [6, 6.07) is 7.56. The number of halogens is 1. The van der Waals surface area contributed by atoms with Crippen LogP contribution in [0.5, 0.6) is 11.5 Å². The van der Waals surface area contributed by atoms with E-state index in [1.807, 2.05) is 31.2 Å². The van der Waals surface area contributed by atoms with E-state index in [4.69, 9.17) is 9.47 Å². The average Bonchev–Trinajstić information content (AvgIpc) is 3.04. The Morgan fingerprint density at radius 3 is 2.54 bits per heavy atom. The molecule has 1 aromatic heterocycles. The van der Waals surface area contributed by atoms with Gasteiger partial charge in [-0.2, -0.15) is 0 Å². The van der Waals surface area contributed by atoms with E-state index in [0.717, 1.165) is 41.1 Å². The number of hydrogen-bond donors (Lipinski definition) is 2. The van der Waals surface area contributed by atoms with Gasteiger partial charge < -0.3 is 20.1 Å². The van der Waals surface area contributed by atoms with Crippen LogP contribution in [0.15, 0.2) is 34.6 Å². The molecule has 6 nitrogen and oxygen atoms in total. The number of benzene rings is 1. The van der Waals surface area contributed by atoms with Crippen molar-refractivity contribution in [2.75, 3.05) is 33.4 Å². The SMILES string of the molecule is CCNC(=NCCc1csc(C)n1)NCCOc1ccc(OC)cc1.I. The smallest absolute Gasteiger partial charge is 0.191 e. The van der Waals surface area contributed by atoms with Crippen LogP contribution in [0.3, 0.4) is 0 Å². The van der Waals surface area contributed by atoms with Crippen LogP contribution in [-0.4, -0.2) is 44.3 Å². The molecule has 0 aliphatic rings. The molecule has 0 fully saturated rings. The Labute approximate surface area is 176 Å². The summed E-state index contributed by atoms with van der Waals surface area (Å²) >= 11 is 1.68. The molecule has 0 spiro atoms. The van der Waals surface area contributed by atoms with E-state index in [1.54, 1.807) is 18.4 Å². The fourth-order valence-corrected chi connectivity index (χ4v) is 2.80. The van der Waals surface area contributed by atoms with Crippen LogP contribution in [0.2, 0.25) is 0 Å². The molecule has 144 valence electrons. The van der Waals surface area contributed by atoms with Gasteiger partial charge in [0.05, 0.1) is 24.4 Å². The molecule has 0 aliphatic heterocycles. The molecular formula is C18H27IN4O2S. The van der Waals surface area contributed by atoms with Gasteiger partial charge >= 0.3 is 0 Å². The lowest BCUT2D eigenvalue weighted by molar-refractivity contribution is 0.321. The predicted molar refractivity (Wildman–Crippen MR) is 118 cm³/mol. The molecule has 1 aromatic carbocycles. The maximum Gasteiger partial charge on any atom is 0.191 e. The number of aliphatic imine (C=N–C) groups is 1. The number of rotatable bonds is 9. The largest absolute Gasteiger partial charge is 0.497 e. The van der Waals surface area contributed by atoms with Crippen LogP contribution >= 0.6 is 35.3 Å². The molecular weight excluding hydrogens is 463 g/mol. The highest BCUT2D eigenvalue weighted by Gasteiger charge is 2.00. The third-order valence-electron chi connectivity index (χ3n) is 3.37. The third kappa shape index (κ3) is 8.22. The van der Waals surface area contributed by atoms with E-state index in [1.165, 1.54) is 0 Å². The van der Waals surface area contributed by atoms with Crippen LogP contribution in [0.1, 0.15) is 17.6 Å². The molecule has 2 N–H and O–H groups in total. The molecule has 0 bridgehead atoms. The van der Waals surface area contributed by atoms with E-state index in [9.17, 15) is 0 Å². The van der Waals surface area contributed by atoms with Gasteiger partial charge in [0.1, 0.15) is 18.1 Å². The van der Waals surface area contributed by atoms with E-state index >= 15 is 0 Å². The van der Waals surface area contributed by atoms with Crippen LogP contribution in [0.4, 0.5) is 0 Å². The van der Waals surface area contributed by atoms with Crippen molar-refractivity contribution in [1.29, 1.82) is 0 Å². The van der Waals surface area contributed by atoms with Gasteiger partial charge in [0.2, 0.25) is 0 Å². The van der Waals surface area contributed by atoms with Crippen molar-refractivity contribution in [2.24, 2.45) is 4.99 Å². The quantitative estimate of drug-likeness (QED) is 0.245. The zero-order valence-electron chi connectivity index (χ0n) is 15.4. The molecule has 0 amide bonds. The minimum atomic E-state index is 0. The summed E-state index contributed by atoms with van der Waals surface area (Å²) in [5, 5.41) is 9.70. The summed E-state index contributed by atoms with van der Waals surface area (Å²) in [5.41, 5.74) is 1.10. The number of aromatic nitrogens is 1. The first-order chi connectivity index (χ1) is 12.2. The highest BCUT2D eigenvalue weighted by molar-refractivity contribution is 14.0. The summed E-state index contributed by atoms with van der Waals surface area (Å²) in [7, 11) is 1.65. The predicted octanol–water partition coefficient (Wildman–Crippen LogP) is 3.25. The molecule has 0 atom stereocenters. The second-order valence-electron chi connectivity index (χ2n) is 5.32. The molecule has 2 rings (SSSR count).